The second-order valence-corrected chi connectivity index (χ2v) is 6.91. The number of carbonyl (C=O) groups excluding carboxylic acids is 1. The summed E-state index contributed by atoms with van der Waals surface area (Å²) in [5, 5.41) is 0.938. The van der Waals surface area contributed by atoms with Crippen molar-refractivity contribution in [3.63, 3.8) is 0 Å². The Labute approximate surface area is 142 Å². The van der Waals surface area contributed by atoms with Gasteiger partial charge in [0.05, 0.1) is 6.54 Å². The lowest BCUT2D eigenvalue weighted by atomic mass is 9.95. The molecule has 1 heterocycles. The van der Waals surface area contributed by atoms with E-state index in [9.17, 15) is 9.59 Å². The fourth-order valence-electron chi connectivity index (χ4n) is 2.86. The molecule has 0 spiro atoms. The quantitative estimate of drug-likeness (QED) is 0.791. The van der Waals surface area contributed by atoms with Crippen LogP contribution in [0.1, 0.15) is 36.5 Å². The monoisotopic (exact) mass is 330 g/mol. The van der Waals surface area contributed by atoms with Crippen LogP contribution in [0.2, 0.25) is 0 Å². The Morgan fingerprint density at radius 1 is 1.17 bits per heavy atom. The summed E-state index contributed by atoms with van der Waals surface area (Å²) < 4.78 is 5.37. The van der Waals surface area contributed by atoms with Gasteiger partial charge in [-0.1, -0.05) is 13.8 Å². The van der Waals surface area contributed by atoms with Crippen LogP contribution in [-0.4, -0.2) is 43.4 Å². The molecule has 2 aromatic rings. The van der Waals surface area contributed by atoms with Gasteiger partial charge in [0.2, 0.25) is 5.91 Å². The summed E-state index contributed by atoms with van der Waals surface area (Å²) in [6.45, 7) is 7.15. The molecule has 0 atom stereocenters. The molecule has 0 saturated carbocycles. The summed E-state index contributed by atoms with van der Waals surface area (Å²) in [7, 11) is 5.35. The number of nitrogens with zero attached hydrogens (tertiary/aromatic N) is 2. The molecule has 24 heavy (non-hydrogen) atoms. The number of benzene rings is 1. The Morgan fingerprint density at radius 3 is 2.42 bits per heavy atom. The lowest BCUT2D eigenvalue weighted by molar-refractivity contribution is -0.129. The number of hydrogen-bond donors (Lipinski definition) is 0. The second kappa shape index (κ2) is 7.18. The molecule has 5 heteroatoms. The van der Waals surface area contributed by atoms with Crippen LogP contribution in [-0.2, 0) is 11.3 Å². The van der Waals surface area contributed by atoms with Gasteiger partial charge < -0.3 is 9.32 Å². The van der Waals surface area contributed by atoms with Crippen molar-refractivity contribution in [3.8, 4) is 0 Å². The summed E-state index contributed by atoms with van der Waals surface area (Å²) in [4.78, 5) is 27.2. The van der Waals surface area contributed by atoms with Crippen LogP contribution in [0.3, 0.4) is 0 Å². The van der Waals surface area contributed by atoms with Crippen molar-refractivity contribution in [1.82, 2.24) is 9.80 Å². The van der Waals surface area contributed by atoms with E-state index >= 15 is 0 Å². The Balaban J connectivity index is 2.43. The number of aryl methyl sites for hydroxylation is 1. The zero-order valence-electron chi connectivity index (χ0n) is 15.3. The standard InChI is InChI=1S/C19H26N2O3/c1-12(2)15-9-16-14(10-21(6)11-18(22)20(4)5)8-19(23)24-17(16)7-13(15)3/h7-9,12H,10-11H2,1-6H3. The van der Waals surface area contributed by atoms with Crippen LogP contribution in [0, 0.1) is 6.92 Å². The predicted molar refractivity (Wildman–Crippen MR) is 96.3 cm³/mol. The molecule has 0 unspecified atom stereocenters. The summed E-state index contributed by atoms with van der Waals surface area (Å²) >= 11 is 0. The van der Waals surface area contributed by atoms with Crippen molar-refractivity contribution in [1.29, 1.82) is 0 Å². The van der Waals surface area contributed by atoms with Gasteiger partial charge >= 0.3 is 5.63 Å². The van der Waals surface area contributed by atoms with E-state index in [4.69, 9.17) is 4.42 Å². The molecule has 2 rings (SSSR count). The number of hydrogen-bond acceptors (Lipinski definition) is 4. The van der Waals surface area contributed by atoms with Gasteiger partial charge in [0.25, 0.3) is 0 Å². The lowest BCUT2D eigenvalue weighted by Gasteiger charge is -2.20. The molecule has 130 valence electrons. The minimum Gasteiger partial charge on any atom is -0.423 e. The molecule has 0 saturated heterocycles. The first-order valence-electron chi connectivity index (χ1n) is 8.15. The fraction of sp³-hybridized carbons (Fsp3) is 0.474. The predicted octanol–water partition coefficient (Wildman–Crippen LogP) is 2.74. The summed E-state index contributed by atoms with van der Waals surface area (Å²) in [6, 6.07) is 5.56. The third-order valence-electron chi connectivity index (χ3n) is 4.18. The molecular formula is C19H26N2O3. The highest BCUT2D eigenvalue weighted by molar-refractivity contribution is 5.82. The van der Waals surface area contributed by atoms with Crippen LogP contribution < -0.4 is 5.63 Å². The van der Waals surface area contributed by atoms with E-state index in [1.807, 2.05) is 24.9 Å². The highest BCUT2D eigenvalue weighted by Gasteiger charge is 2.14. The molecule has 0 bridgehead atoms. The van der Waals surface area contributed by atoms with Crippen molar-refractivity contribution in [3.05, 3.63) is 45.3 Å². The van der Waals surface area contributed by atoms with Gasteiger partial charge in [-0.15, -0.1) is 0 Å². The van der Waals surface area contributed by atoms with Crippen LogP contribution in [0.25, 0.3) is 11.0 Å². The van der Waals surface area contributed by atoms with Crippen molar-refractivity contribution in [2.45, 2.75) is 33.2 Å². The first kappa shape index (κ1) is 18.2. The summed E-state index contributed by atoms with van der Waals surface area (Å²) in [5.41, 5.74) is 3.49. The van der Waals surface area contributed by atoms with E-state index in [1.54, 1.807) is 19.0 Å². The maximum atomic E-state index is 11.9. The zero-order chi connectivity index (χ0) is 18.0. The van der Waals surface area contributed by atoms with E-state index in [1.165, 1.54) is 11.6 Å². The first-order chi connectivity index (χ1) is 11.2. The Morgan fingerprint density at radius 2 is 1.83 bits per heavy atom. The van der Waals surface area contributed by atoms with Crippen LogP contribution in [0.4, 0.5) is 0 Å². The number of amides is 1. The largest absolute Gasteiger partial charge is 0.423 e. The molecule has 0 fully saturated rings. The maximum Gasteiger partial charge on any atom is 0.336 e. The second-order valence-electron chi connectivity index (χ2n) is 6.91. The third-order valence-corrected chi connectivity index (χ3v) is 4.18. The number of carbonyl (C=O) groups is 1. The lowest BCUT2D eigenvalue weighted by Crippen LogP contribution is -2.34. The molecule has 0 radical (unpaired) electrons. The zero-order valence-corrected chi connectivity index (χ0v) is 15.3. The van der Waals surface area contributed by atoms with Crippen LogP contribution in [0.15, 0.2) is 27.4 Å². The third kappa shape index (κ3) is 4.03. The molecule has 0 N–H and O–H groups in total. The molecule has 0 aliphatic heterocycles. The van der Waals surface area contributed by atoms with Gasteiger partial charge in [0.1, 0.15) is 5.58 Å². The van der Waals surface area contributed by atoms with E-state index in [-0.39, 0.29) is 11.5 Å². The Kier molecular flexibility index (Phi) is 5.44. The molecule has 5 nitrogen and oxygen atoms in total. The van der Waals surface area contributed by atoms with E-state index in [2.05, 4.69) is 19.9 Å². The fourth-order valence-corrected chi connectivity index (χ4v) is 2.86. The Bertz CT molecular complexity index is 806. The van der Waals surface area contributed by atoms with Gasteiger partial charge in [0.15, 0.2) is 0 Å². The molecule has 1 amide bonds. The SMILES string of the molecule is Cc1cc2oc(=O)cc(CN(C)CC(=O)N(C)C)c2cc1C(C)C. The number of fused-ring (bicyclic) bond motifs is 1. The van der Waals surface area contributed by atoms with Gasteiger partial charge in [-0.3, -0.25) is 9.69 Å². The molecule has 1 aromatic heterocycles. The van der Waals surface area contributed by atoms with Gasteiger partial charge in [-0.25, -0.2) is 4.79 Å². The summed E-state index contributed by atoms with van der Waals surface area (Å²) in [6.07, 6.45) is 0. The van der Waals surface area contributed by atoms with Crippen molar-refractivity contribution >= 4 is 16.9 Å². The molecule has 0 aliphatic carbocycles. The minimum atomic E-state index is -0.360. The van der Waals surface area contributed by atoms with E-state index < -0.39 is 0 Å². The van der Waals surface area contributed by atoms with Gasteiger partial charge in [-0.2, -0.15) is 0 Å². The van der Waals surface area contributed by atoms with Crippen LogP contribution >= 0.6 is 0 Å². The smallest absolute Gasteiger partial charge is 0.336 e. The van der Waals surface area contributed by atoms with E-state index in [0.29, 0.717) is 24.6 Å². The van der Waals surface area contributed by atoms with Crippen molar-refractivity contribution in [2.75, 3.05) is 27.7 Å². The minimum absolute atomic E-state index is 0.0310. The first-order valence-corrected chi connectivity index (χ1v) is 8.15. The topological polar surface area (TPSA) is 53.8 Å². The average molecular weight is 330 g/mol. The molecule has 0 aliphatic rings. The van der Waals surface area contributed by atoms with Gasteiger partial charge in [0, 0.05) is 32.1 Å². The van der Waals surface area contributed by atoms with Crippen molar-refractivity contribution < 1.29 is 9.21 Å². The molecule has 1 aromatic carbocycles. The normalized spacial score (nSPS) is 11.5. The highest BCUT2D eigenvalue weighted by Crippen LogP contribution is 2.27. The van der Waals surface area contributed by atoms with Crippen LogP contribution in [0.5, 0.6) is 0 Å². The van der Waals surface area contributed by atoms with Gasteiger partial charge in [-0.05, 0) is 48.7 Å². The average Bonchev–Trinajstić information content (AvgIpc) is 2.45. The Hall–Kier alpha value is -2.14. The maximum absolute atomic E-state index is 11.9. The summed E-state index contributed by atoms with van der Waals surface area (Å²) in [5.74, 6) is 0.422. The number of rotatable bonds is 5. The number of likely N-dealkylation sites (N-methyl/N-ethyl adjacent to an activating group) is 2. The van der Waals surface area contributed by atoms with E-state index in [0.717, 1.165) is 16.5 Å². The van der Waals surface area contributed by atoms with Crippen molar-refractivity contribution in [2.24, 2.45) is 0 Å². The highest BCUT2D eigenvalue weighted by atomic mass is 16.4. The molecular weight excluding hydrogens is 304 g/mol.